The first-order valence-corrected chi connectivity index (χ1v) is 9.97. The van der Waals surface area contributed by atoms with Crippen molar-refractivity contribution < 1.29 is 4.79 Å². The van der Waals surface area contributed by atoms with Gasteiger partial charge in [-0.3, -0.25) is 4.79 Å². The number of rotatable bonds is 3. The van der Waals surface area contributed by atoms with Crippen LogP contribution in [0.4, 0.5) is 0 Å². The van der Waals surface area contributed by atoms with Gasteiger partial charge in [0.15, 0.2) is 0 Å². The van der Waals surface area contributed by atoms with Crippen molar-refractivity contribution in [1.29, 1.82) is 0 Å². The van der Waals surface area contributed by atoms with Crippen LogP contribution in [-0.2, 0) is 4.79 Å². The Morgan fingerprint density at radius 2 is 2.18 bits per heavy atom. The molecule has 2 nitrogen and oxygen atoms in total. The summed E-state index contributed by atoms with van der Waals surface area (Å²) in [6, 6.07) is 0. The van der Waals surface area contributed by atoms with Crippen LogP contribution in [0.3, 0.4) is 0 Å². The van der Waals surface area contributed by atoms with Gasteiger partial charge in [0, 0.05) is 29.5 Å². The van der Waals surface area contributed by atoms with E-state index in [0.29, 0.717) is 28.9 Å². The Bertz CT molecular complexity index is 512. The van der Waals surface area contributed by atoms with E-state index >= 15 is 0 Å². The molecule has 22 heavy (non-hydrogen) atoms. The normalized spacial score (nSPS) is 40.9. The van der Waals surface area contributed by atoms with Crippen molar-refractivity contribution >= 4 is 17.7 Å². The van der Waals surface area contributed by atoms with Gasteiger partial charge >= 0.3 is 0 Å². The zero-order valence-electron chi connectivity index (χ0n) is 13.5. The number of amides is 1. The Morgan fingerprint density at radius 3 is 2.91 bits per heavy atom. The monoisotopic (exact) mass is 317 g/mol. The van der Waals surface area contributed by atoms with Crippen LogP contribution in [0.5, 0.6) is 0 Å². The van der Waals surface area contributed by atoms with Crippen molar-refractivity contribution in [3.8, 4) is 0 Å². The summed E-state index contributed by atoms with van der Waals surface area (Å²) in [6.07, 6.45) is 14.5. The van der Waals surface area contributed by atoms with Crippen LogP contribution in [0.1, 0.15) is 45.4 Å². The van der Waals surface area contributed by atoms with Crippen LogP contribution in [0, 0.1) is 17.8 Å². The Balaban J connectivity index is 1.31. The molecule has 2 aliphatic carbocycles. The molecule has 3 heteroatoms. The Kier molecular flexibility index (Phi) is 4.10. The zero-order valence-corrected chi connectivity index (χ0v) is 14.4. The summed E-state index contributed by atoms with van der Waals surface area (Å²) in [5.74, 6) is 2.20. The molecule has 0 radical (unpaired) electrons. The molecule has 4 aliphatic rings. The van der Waals surface area contributed by atoms with Crippen LogP contribution >= 0.6 is 11.8 Å². The van der Waals surface area contributed by atoms with E-state index < -0.39 is 0 Å². The van der Waals surface area contributed by atoms with Gasteiger partial charge in [0.25, 0.3) is 0 Å². The quantitative estimate of drug-likeness (QED) is 0.783. The lowest BCUT2D eigenvalue weighted by atomic mass is 10.0. The lowest BCUT2D eigenvalue weighted by molar-refractivity contribution is -0.131. The lowest BCUT2D eigenvalue weighted by Gasteiger charge is -2.17. The summed E-state index contributed by atoms with van der Waals surface area (Å²) in [6.45, 7) is 4.27. The molecule has 1 amide bonds. The van der Waals surface area contributed by atoms with Gasteiger partial charge < -0.3 is 4.90 Å². The number of nitrogens with zero attached hydrogens (tertiary/aromatic N) is 1. The minimum absolute atomic E-state index is 0.359. The maximum absolute atomic E-state index is 12.6. The molecule has 0 aromatic carbocycles. The van der Waals surface area contributed by atoms with Gasteiger partial charge in [-0.25, -0.2) is 0 Å². The molecule has 120 valence electrons. The van der Waals surface area contributed by atoms with Gasteiger partial charge in [-0.05, 0) is 55.9 Å². The first kappa shape index (κ1) is 14.9. The third-order valence-electron chi connectivity index (χ3n) is 5.82. The zero-order chi connectivity index (χ0) is 15.1. The number of likely N-dealkylation sites (tertiary alicyclic amines) is 1. The number of carbonyl (C=O) groups is 1. The molecular weight excluding hydrogens is 290 g/mol. The molecule has 2 saturated heterocycles. The van der Waals surface area contributed by atoms with Crippen LogP contribution in [0.25, 0.3) is 0 Å². The molecule has 5 unspecified atom stereocenters. The van der Waals surface area contributed by atoms with Crippen molar-refractivity contribution in [1.82, 2.24) is 4.90 Å². The summed E-state index contributed by atoms with van der Waals surface area (Å²) in [5, 5.41) is 1.43. The van der Waals surface area contributed by atoms with E-state index in [4.69, 9.17) is 0 Å². The highest BCUT2D eigenvalue weighted by Gasteiger charge is 2.51. The average molecular weight is 317 g/mol. The van der Waals surface area contributed by atoms with Gasteiger partial charge in [-0.2, -0.15) is 11.8 Å². The fraction of sp³-hybridized carbons (Fsp3) is 0.737. The highest BCUT2D eigenvalue weighted by atomic mass is 32.2. The Labute approximate surface area is 138 Å². The van der Waals surface area contributed by atoms with Gasteiger partial charge in [0.1, 0.15) is 0 Å². The van der Waals surface area contributed by atoms with Crippen molar-refractivity contribution in [2.45, 2.75) is 55.9 Å². The van der Waals surface area contributed by atoms with E-state index in [9.17, 15) is 4.79 Å². The highest BCUT2D eigenvalue weighted by Crippen LogP contribution is 2.54. The van der Waals surface area contributed by atoms with Gasteiger partial charge in [-0.1, -0.05) is 25.2 Å². The number of hydrogen-bond acceptors (Lipinski definition) is 2. The van der Waals surface area contributed by atoms with Crippen LogP contribution < -0.4 is 0 Å². The molecule has 0 spiro atoms. The van der Waals surface area contributed by atoms with E-state index in [2.05, 4.69) is 41.8 Å². The van der Waals surface area contributed by atoms with Crippen molar-refractivity contribution in [3.63, 3.8) is 0 Å². The molecule has 5 atom stereocenters. The van der Waals surface area contributed by atoms with E-state index in [1.54, 1.807) is 5.57 Å². The van der Waals surface area contributed by atoms with Crippen molar-refractivity contribution in [2.75, 3.05) is 13.1 Å². The van der Waals surface area contributed by atoms with Crippen LogP contribution in [0.2, 0.25) is 0 Å². The van der Waals surface area contributed by atoms with Crippen LogP contribution in [-0.4, -0.2) is 34.4 Å². The average Bonchev–Trinajstić information content (AvgIpc) is 2.98. The smallest absolute Gasteiger partial charge is 0.226 e. The van der Waals surface area contributed by atoms with E-state index in [0.717, 1.165) is 24.8 Å². The first-order valence-electron chi connectivity index (χ1n) is 9.03. The lowest BCUT2D eigenvalue weighted by Crippen LogP contribution is -2.30. The van der Waals surface area contributed by atoms with Crippen molar-refractivity contribution in [3.05, 3.63) is 23.8 Å². The Morgan fingerprint density at radius 1 is 1.27 bits per heavy atom. The summed E-state index contributed by atoms with van der Waals surface area (Å²) in [4.78, 5) is 14.7. The van der Waals surface area contributed by atoms with Crippen molar-refractivity contribution in [2.24, 2.45) is 17.8 Å². The summed E-state index contributed by atoms with van der Waals surface area (Å²) >= 11 is 2.16. The van der Waals surface area contributed by atoms with E-state index in [1.807, 2.05) is 0 Å². The fourth-order valence-electron chi connectivity index (χ4n) is 4.37. The molecule has 1 saturated carbocycles. The summed E-state index contributed by atoms with van der Waals surface area (Å²) in [5.41, 5.74) is 1.55. The molecular formula is C19H27NOS. The first-order chi connectivity index (χ1) is 10.7. The fourth-order valence-corrected chi connectivity index (χ4v) is 6.18. The van der Waals surface area contributed by atoms with Gasteiger partial charge in [0.05, 0.1) is 0 Å². The molecule has 0 bridgehead atoms. The topological polar surface area (TPSA) is 20.3 Å². The second-order valence-corrected chi connectivity index (χ2v) is 9.06. The molecule has 3 fully saturated rings. The predicted molar refractivity (Wildman–Crippen MR) is 92.8 cm³/mol. The maximum atomic E-state index is 12.6. The summed E-state index contributed by atoms with van der Waals surface area (Å²) < 4.78 is 0. The molecule has 0 aromatic heterocycles. The number of allylic oxidation sites excluding steroid dienone is 3. The standard InChI is InChI=1S/C19H27NOS/c1-13-9-10-20(12-13)19(21)16-11-15(16)18-8-7-17(22-18)14-5-3-2-4-6-14/h3,5-6,13,15-18H,2,4,7-12H2,1H3. The summed E-state index contributed by atoms with van der Waals surface area (Å²) in [7, 11) is 0. The molecule has 2 heterocycles. The number of hydrogen-bond donors (Lipinski definition) is 0. The molecule has 0 N–H and O–H groups in total. The second kappa shape index (κ2) is 6.07. The maximum Gasteiger partial charge on any atom is 0.226 e. The predicted octanol–water partition coefficient (Wildman–Crippen LogP) is 4.03. The second-order valence-electron chi connectivity index (χ2n) is 7.61. The Hall–Kier alpha value is -0.700. The van der Waals surface area contributed by atoms with E-state index in [-0.39, 0.29) is 0 Å². The third-order valence-corrected chi connectivity index (χ3v) is 7.59. The third kappa shape index (κ3) is 2.89. The number of thioether (sulfide) groups is 1. The minimum Gasteiger partial charge on any atom is -0.342 e. The molecule has 4 rings (SSSR count). The molecule has 2 aliphatic heterocycles. The highest BCUT2D eigenvalue weighted by molar-refractivity contribution is 8.01. The SMILES string of the molecule is CC1CCN(C(=O)C2CC2C2CCC(C3=CCCC=C3)S2)C1. The van der Waals surface area contributed by atoms with Gasteiger partial charge in [-0.15, -0.1) is 0 Å². The largest absolute Gasteiger partial charge is 0.342 e. The van der Waals surface area contributed by atoms with E-state index in [1.165, 1.54) is 32.1 Å². The minimum atomic E-state index is 0.359. The van der Waals surface area contributed by atoms with Crippen LogP contribution in [0.15, 0.2) is 23.8 Å². The number of carbonyl (C=O) groups excluding carboxylic acids is 1. The molecule has 0 aromatic rings. The van der Waals surface area contributed by atoms with Gasteiger partial charge in [0.2, 0.25) is 5.91 Å².